The van der Waals surface area contributed by atoms with Gasteiger partial charge >= 0.3 is 5.97 Å². The Balaban J connectivity index is 1.97. The van der Waals surface area contributed by atoms with Crippen LogP contribution in [0.5, 0.6) is 0 Å². The van der Waals surface area contributed by atoms with Crippen molar-refractivity contribution in [3.63, 3.8) is 0 Å². The summed E-state index contributed by atoms with van der Waals surface area (Å²) in [4.78, 5) is 32.2. The maximum atomic E-state index is 13.3. The standard InChI is InChI=1S/C21H17ClN2O3S2/c1-3-27-20(26)17-12(2)23-21-24(18(17)13-6-8-14(22)9-7-13)19(25)16(29-21)11-15-5-4-10-28-15/h4-11,18H,3H2,1-2H3/b16-11+. The van der Waals surface area contributed by atoms with Gasteiger partial charge < -0.3 is 4.74 Å². The summed E-state index contributed by atoms with van der Waals surface area (Å²) >= 11 is 8.92. The molecule has 29 heavy (non-hydrogen) atoms. The molecule has 1 aromatic carbocycles. The number of fused-ring (bicyclic) bond motifs is 1. The molecular weight excluding hydrogens is 428 g/mol. The first-order valence-electron chi connectivity index (χ1n) is 8.98. The Labute approximate surface area is 179 Å². The van der Waals surface area contributed by atoms with Crippen molar-refractivity contribution in [3.8, 4) is 0 Å². The second-order valence-corrected chi connectivity index (χ2v) is 8.79. The first-order chi connectivity index (χ1) is 14.0. The van der Waals surface area contributed by atoms with Crippen molar-refractivity contribution in [2.45, 2.75) is 19.9 Å². The molecule has 1 atom stereocenters. The summed E-state index contributed by atoms with van der Waals surface area (Å²) in [6.45, 7) is 3.76. The van der Waals surface area contributed by atoms with Crippen molar-refractivity contribution >= 4 is 46.3 Å². The minimum Gasteiger partial charge on any atom is -0.463 e. The Morgan fingerprint density at radius 1 is 1.31 bits per heavy atom. The number of hydrogen-bond acceptors (Lipinski definition) is 6. The van der Waals surface area contributed by atoms with E-state index in [4.69, 9.17) is 16.3 Å². The van der Waals surface area contributed by atoms with Gasteiger partial charge in [-0.15, -0.1) is 11.3 Å². The molecule has 1 aliphatic rings. The number of carbonyl (C=O) groups is 1. The number of rotatable bonds is 4. The Morgan fingerprint density at radius 2 is 2.07 bits per heavy atom. The maximum absolute atomic E-state index is 13.3. The monoisotopic (exact) mass is 444 g/mol. The number of benzene rings is 1. The fourth-order valence-electron chi connectivity index (χ4n) is 3.25. The number of allylic oxidation sites excluding steroid dienone is 1. The molecule has 3 aromatic rings. The largest absolute Gasteiger partial charge is 0.463 e. The van der Waals surface area contributed by atoms with E-state index in [1.807, 2.05) is 35.7 Å². The van der Waals surface area contributed by atoms with Crippen LogP contribution in [0.3, 0.4) is 0 Å². The average molecular weight is 445 g/mol. The van der Waals surface area contributed by atoms with Gasteiger partial charge in [0, 0.05) is 9.90 Å². The van der Waals surface area contributed by atoms with Crippen molar-refractivity contribution < 1.29 is 9.53 Å². The summed E-state index contributed by atoms with van der Waals surface area (Å²) in [5, 5.41) is 2.54. The van der Waals surface area contributed by atoms with Crippen LogP contribution in [0.15, 0.2) is 62.8 Å². The zero-order valence-corrected chi connectivity index (χ0v) is 18.1. The first kappa shape index (κ1) is 19.8. The molecule has 0 aliphatic carbocycles. The molecule has 5 nitrogen and oxygen atoms in total. The van der Waals surface area contributed by atoms with Crippen LogP contribution in [0.4, 0.5) is 0 Å². The van der Waals surface area contributed by atoms with Crippen LogP contribution >= 0.6 is 34.3 Å². The molecule has 0 saturated heterocycles. The quantitative estimate of drug-likeness (QED) is 0.578. The van der Waals surface area contributed by atoms with Crippen LogP contribution in [0.25, 0.3) is 6.08 Å². The zero-order chi connectivity index (χ0) is 20.5. The van der Waals surface area contributed by atoms with Crippen LogP contribution < -0.4 is 14.9 Å². The highest BCUT2D eigenvalue weighted by Gasteiger charge is 2.33. The lowest BCUT2D eigenvalue weighted by molar-refractivity contribution is -0.139. The highest BCUT2D eigenvalue weighted by atomic mass is 35.5. The van der Waals surface area contributed by atoms with Crippen molar-refractivity contribution in [3.05, 3.63) is 88.2 Å². The van der Waals surface area contributed by atoms with E-state index in [1.165, 1.54) is 11.3 Å². The van der Waals surface area contributed by atoms with E-state index in [2.05, 4.69) is 4.99 Å². The highest BCUT2D eigenvalue weighted by molar-refractivity contribution is 7.11. The Hall–Kier alpha value is -2.48. The number of ether oxygens (including phenoxy) is 1. The third-order valence-electron chi connectivity index (χ3n) is 4.52. The maximum Gasteiger partial charge on any atom is 0.338 e. The summed E-state index contributed by atoms with van der Waals surface area (Å²) in [5.41, 5.74) is 1.50. The molecule has 0 saturated carbocycles. The highest BCUT2D eigenvalue weighted by Crippen LogP contribution is 2.31. The van der Waals surface area contributed by atoms with Gasteiger partial charge in [-0.2, -0.15) is 0 Å². The number of halogens is 1. The molecule has 148 valence electrons. The number of hydrogen-bond donors (Lipinski definition) is 0. The second-order valence-electron chi connectivity index (χ2n) is 6.37. The van der Waals surface area contributed by atoms with Gasteiger partial charge in [0.1, 0.15) is 0 Å². The minimum atomic E-state index is -0.618. The molecule has 2 aromatic heterocycles. The molecule has 3 heterocycles. The topological polar surface area (TPSA) is 60.7 Å². The Morgan fingerprint density at radius 3 is 2.72 bits per heavy atom. The number of thiophene rings is 1. The minimum absolute atomic E-state index is 0.184. The lowest BCUT2D eigenvalue weighted by atomic mass is 9.96. The van der Waals surface area contributed by atoms with Gasteiger partial charge in [0.2, 0.25) is 0 Å². The smallest absolute Gasteiger partial charge is 0.338 e. The van der Waals surface area contributed by atoms with Gasteiger partial charge in [0.15, 0.2) is 4.80 Å². The normalized spacial score (nSPS) is 16.5. The molecule has 1 unspecified atom stereocenters. The molecule has 8 heteroatoms. The second kappa shape index (κ2) is 8.10. The summed E-state index contributed by atoms with van der Waals surface area (Å²) in [6, 6.07) is 10.4. The van der Waals surface area contributed by atoms with Gasteiger partial charge in [0.05, 0.1) is 28.5 Å². The Kier molecular flexibility index (Phi) is 5.54. The molecule has 0 bridgehead atoms. The van der Waals surface area contributed by atoms with Gasteiger partial charge in [0.25, 0.3) is 5.56 Å². The van der Waals surface area contributed by atoms with E-state index >= 15 is 0 Å². The van der Waals surface area contributed by atoms with Crippen LogP contribution in [0, 0.1) is 0 Å². The molecule has 0 fully saturated rings. The number of aromatic nitrogens is 1. The van der Waals surface area contributed by atoms with Crippen molar-refractivity contribution in [1.82, 2.24) is 4.57 Å². The lowest BCUT2D eigenvalue weighted by Gasteiger charge is -2.24. The Bertz CT molecular complexity index is 1270. The van der Waals surface area contributed by atoms with E-state index in [0.29, 0.717) is 25.6 Å². The number of nitrogens with zero attached hydrogens (tertiary/aromatic N) is 2. The molecule has 0 radical (unpaired) electrons. The van der Waals surface area contributed by atoms with Crippen molar-refractivity contribution in [2.24, 2.45) is 4.99 Å². The lowest BCUT2D eigenvalue weighted by Crippen LogP contribution is -2.39. The van der Waals surface area contributed by atoms with Crippen LogP contribution in [-0.4, -0.2) is 17.1 Å². The van der Waals surface area contributed by atoms with Gasteiger partial charge in [-0.3, -0.25) is 9.36 Å². The predicted octanol–water partition coefficient (Wildman–Crippen LogP) is 3.51. The van der Waals surface area contributed by atoms with Crippen molar-refractivity contribution in [2.75, 3.05) is 6.61 Å². The number of carbonyl (C=O) groups excluding carboxylic acids is 1. The summed E-state index contributed by atoms with van der Waals surface area (Å²) in [7, 11) is 0. The molecule has 4 rings (SSSR count). The molecule has 0 spiro atoms. The summed E-state index contributed by atoms with van der Waals surface area (Å²) in [6.07, 6.45) is 1.86. The summed E-state index contributed by atoms with van der Waals surface area (Å²) < 4.78 is 7.42. The van der Waals surface area contributed by atoms with Crippen LogP contribution in [0.1, 0.15) is 30.3 Å². The van der Waals surface area contributed by atoms with Crippen molar-refractivity contribution in [1.29, 1.82) is 0 Å². The van der Waals surface area contributed by atoms with Crippen LogP contribution in [0.2, 0.25) is 5.02 Å². The van der Waals surface area contributed by atoms with E-state index in [-0.39, 0.29) is 12.2 Å². The fourth-order valence-corrected chi connectivity index (χ4v) is 5.15. The molecule has 1 aliphatic heterocycles. The predicted molar refractivity (Wildman–Crippen MR) is 116 cm³/mol. The summed E-state index contributed by atoms with van der Waals surface area (Å²) in [5.74, 6) is -0.471. The third kappa shape index (κ3) is 3.73. The fraction of sp³-hybridized carbons (Fsp3) is 0.190. The van der Waals surface area contributed by atoms with Gasteiger partial charge in [-0.1, -0.05) is 41.1 Å². The average Bonchev–Trinajstić information content (AvgIpc) is 3.30. The number of esters is 1. The first-order valence-corrected chi connectivity index (χ1v) is 11.1. The third-order valence-corrected chi connectivity index (χ3v) is 6.57. The van der Waals surface area contributed by atoms with E-state index < -0.39 is 12.0 Å². The SMILES string of the molecule is CCOC(=O)C1=C(C)N=c2s/c(=C/c3cccs3)c(=O)n2C1c1ccc(Cl)cc1. The van der Waals surface area contributed by atoms with E-state index in [9.17, 15) is 9.59 Å². The van der Waals surface area contributed by atoms with Gasteiger partial charge in [-0.25, -0.2) is 9.79 Å². The van der Waals surface area contributed by atoms with E-state index in [0.717, 1.165) is 10.4 Å². The van der Waals surface area contributed by atoms with E-state index in [1.54, 1.807) is 41.9 Å². The molecule has 0 N–H and O–H groups in total. The number of thiazole rings is 1. The van der Waals surface area contributed by atoms with Crippen LogP contribution in [-0.2, 0) is 9.53 Å². The molecular formula is C21H17ClN2O3S2. The zero-order valence-electron chi connectivity index (χ0n) is 15.7. The van der Waals surface area contributed by atoms with Gasteiger partial charge in [-0.05, 0) is 49.1 Å². The molecule has 0 amide bonds.